The molecule has 9 atom stereocenters. The highest BCUT2D eigenvalue weighted by Crippen LogP contribution is 2.60. The second-order valence-electron chi connectivity index (χ2n) is 18.4. The average molecular weight is 1050 g/mol. The van der Waals surface area contributed by atoms with Gasteiger partial charge in [-0.1, -0.05) is 159 Å². The number of phosphoric acid groups is 2. The van der Waals surface area contributed by atoms with Gasteiger partial charge >= 0.3 is 33.3 Å². The molecule has 1 aromatic rings. The van der Waals surface area contributed by atoms with Crippen LogP contribution in [0.2, 0.25) is 0 Å². The summed E-state index contributed by atoms with van der Waals surface area (Å²) < 4.78 is 62.5. The van der Waals surface area contributed by atoms with Gasteiger partial charge in [-0.3, -0.25) is 23.2 Å². The number of carbonyl (C=O) groups is 2. The summed E-state index contributed by atoms with van der Waals surface area (Å²) >= 11 is 0. The topological polar surface area (TPSA) is 278 Å². The second kappa shape index (κ2) is 36.0. The third kappa shape index (κ3) is 28.3. The van der Waals surface area contributed by atoms with Gasteiger partial charge in [0, 0.05) is 19.0 Å². The number of carbonyl (C=O) groups excluding carboxylic acids is 2. The van der Waals surface area contributed by atoms with Crippen molar-refractivity contribution >= 4 is 33.4 Å². The van der Waals surface area contributed by atoms with Crippen molar-refractivity contribution in [3.8, 4) is 0 Å². The molecule has 406 valence electrons. The zero-order valence-electron chi connectivity index (χ0n) is 42.2. The third-order valence-electron chi connectivity index (χ3n) is 12.2. The lowest BCUT2D eigenvalue weighted by molar-refractivity contribution is -0.161. The fourth-order valence-electron chi connectivity index (χ4n) is 7.99. The van der Waals surface area contributed by atoms with Crippen molar-refractivity contribution in [2.75, 3.05) is 25.6 Å². The number of epoxide rings is 1. The molecule has 0 bridgehead atoms. The molecule has 3 heterocycles. The SMILES string of the molecule is CCCCCCCCCCCCCCCCCC(=O)OC[C@H](COP(=O)(O)OP(=O)(O)OC[C@H]1O[C@@H](n2ccc(N)nc2=O)[C@H](O)[C@@H]1O)OC(=O)CCC/C=C\C/C=C\C/C=C\CC1OC1CCCCC. The van der Waals surface area contributed by atoms with Crippen LogP contribution < -0.4 is 11.4 Å². The van der Waals surface area contributed by atoms with Crippen molar-refractivity contribution in [1.29, 1.82) is 0 Å². The number of aliphatic hydroxyl groups excluding tert-OH is 2. The Morgan fingerprint density at radius 2 is 1.27 bits per heavy atom. The molecule has 2 fully saturated rings. The van der Waals surface area contributed by atoms with Crippen LogP contribution in [0, 0.1) is 0 Å². The van der Waals surface area contributed by atoms with Crippen LogP contribution in [0.5, 0.6) is 0 Å². The molecule has 0 spiro atoms. The Labute approximate surface area is 421 Å². The van der Waals surface area contributed by atoms with Crippen LogP contribution in [0.15, 0.2) is 53.5 Å². The van der Waals surface area contributed by atoms with Crippen molar-refractivity contribution in [2.24, 2.45) is 0 Å². The molecular weight excluding hydrogens is 961 g/mol. The fourth-order valence-corrected chi connectivity index (χ4v) is 10.1. The number of esters is 2. The average Bonchev–Trinajstić information content (AvgIpc) is 4.02. The molecule has 2 aliphatic rings. The molecular formula is C50H85N3O16P2. The van der Waals surface area contributed by atoms with Gasteiger partial charge in [0.1, 0.15) is 30.7 Å². The van der Waals surface area contributed by atoms with Gasteiger partial charge in [0.15, 0.2) is 12.3 Å². The van der Waals surface area contributed by atoms with E-state index in [0.29, 0.717) is 31.5 Å². The Hall–Kier alpha value is -3.06. The number of rotatable bonds is 42. The standard InChI is InChI=1S/C50H85N3O16P2/c1-3-5-7-8-9-10-11-12-13-14-15-19-22-25-29-33-45(54)63-37-40(66-46(55)34-30-26-23-20-17-16-18-21-24-28-32-42-41(67-42)31-27-6-4-2)38-64-70(59,60)69-71(61,62)65-39-43-47(56)48(57)49(68-43)53-36-35-44(51)52-50(53)58/h16,18,20,23-24,28,35-36,40-43,47-49,56-57H,3-15,17,19,21-22,25-27,29-34,37-39H2,1-2H3,(H,59,60)(H,61,62)(H2,51,52,58)/b18-16-,23-20-,28-24-/t40-,41?,42?,43-,47-,48-,49-/m1/s1. The van der Waals surface area contributed by atoms with E-state index in [1.165, 1.54) is 89.5 Å². The highest BCUT2D eigenvalue weighted by atomic mass is 31.3. The van der Waals surface area contributed by atoms with Crippen LogP contribution >= 0.6 is 15.6 Å². The summed E-state index contributed by atoms with van der Waals surface area (Å²) in [4.78, 5) is 61.9. The Bertz CT molecular complexity index is 1900. The van der Waals surface area contributed by atoms with Crippen LogP contribution in [0.1, 0.15) is 187 Å². The normalized spacial score (nSPS) is 22.3. The number of anilines is 1. The van der Waals surface area contributed by atoms with E-state index in [9.17, 15) is 43.5 Å². The van der Waals surface area contributed by atoms with Gasteiger partial charge in [-0.25, -0.2) is 13.9 Å². The number of allylic oxidation sites excluding steroid dienone is 5. The smallest absolute Gasteiger partial charge is 0.462 e. The third-order valence-corrected chi connectivity index (χ3v) is 14.8. The molecule has 0 radical (unpaired) electrons. The van der Waals surface area contributed by atoms with Crippen molar-refractivity contribution in [2.45, 2.75) is 224 Å². The first kappa shape index (κ1) is 62.2. The first-order valence-electron chi connectivity index (χ1n) is 26.1. The predicted molar refractivity (Wildman–Crippen MR) is 270 cm³/mol. The molecule has 2 aliphatic heterocycles. The van der Waals surface area contributed by atoms with E-state index in [0.717, 1.165) is 62.1 Å². The van der Waals surface area contributed by atoms with E-state index >= 15 is 0 Å². The number of phosphoric ester groups is 2. The lowest BCUT2D eigenvalue weighted by Crippen LogP contribution is -2.36. The Balaban J connectivity index is 1.40. The second-order valence-corrected chi connectivity index (χ2v) is 21.5. The highest BCUT2D eigenvalue weighted by Gasteiger charge is 2.46. The van der Waals surface area contributed by atoms with Crippen LogP contribution in [0.25, 0.3) is 0 Å². The summed E-state index contributed by atoms with van der Waals surface area (Å²) in [5.41, 5.74) is 4.59. The number of hydrogen-bond donors (Lipinski definition) is 5. The predicted octanol–water partition coefficient (Wildman–Crippen LogP) is 9.77. The summed E-state index contributed by atoms with van der Waals surface area (Å²) in [7, 11) is -10.9. The summed E-state index contributed by atoms with van der Waals surface area (Å²) in [5.74, 6) is -1.36. The lowest BCUT2D eigenvalue weighted by atomic mass is 10.0. The Morgan fingerprint density at radius 1 is 0.704 bits per heavy atom. The monoisotopic (exact) mass is 1050 g/mol. The highest BCUT2D eigenvalue weighted by molar-refractivity contribution is 7.61. The number of aromatic nitrogens is 2. The maximum absolute atomic E-state index is 12.9. The van der Waals surface area contributed by atoms with Crippen molar-refractivity contribution in [3.05, 3.63) is 59.2 Å². The van der Waals surface area contributed by atoms with Gasteiger partial charge in [0.25, 0.3) is 0 Å². The number of unbranched alkanes of at least 4 members (excludes halogenated alkanes) is 17. The first-order valence-corrected chi connectivity index (χ1v) is 29.1. The van der Waals surface area contributed by atoms with Gasteiger partial charge in [-0.2, -0.15) is 9.29 Å². The first-order chi connectivity index (χ1) is 34.1. The minimum absolute atomic E-state index is 0.0280. The van der Waals surface area contributed by atoms with Crippen molar-refractivity contribution < 1.29 is 71.0 Å². The summed E-state index contributed by atoms with van der Waals surface area (Å²) in [6.45, 7) is 2.08. The summed E-state index contributed by atoms with van der Waals surface area (Å²) in [6.07, 6.45) is 32.6. The molecule has 71 heavy (non-hydrogen) atoms. The molecule has 1 aromatic heterocycles. The molecule has 0 aromatic carbocycles. The van der Waals surface area contributed by atoms with E-state index in [1.54, 1.807) is 0 Å². The number of ether oxygens (including phenoxy) is 4. The molecule has 0 aliphatic carbocycles. The van der Waals surface area contributed by atoms with Gasteiger partial charge in [-0.05, 0) is 51.0 Å². The molecule has 4 unspecified atom stereocenters. The Kier molecular flexibility index (Phi) is 31.5. The van der Waals surface area contributed by atoms with Crippen LogP contribution in [0.4, 0.5) is 5.82 Å². The number of nitrogens with two attached hydrogens (primary N) is 1. The number of hydrogen-bond acceptors (Lipinski definition) is 16. The van der Waals surface area contributed by atoms with Crippen molar-refractivity contribution in [3.63, 3.8) is 0 Å². The zero-order valence-corrected chi connectivity index (χ0v) is 44.0. The molecule has 0 saturated carbocycles. The van der Waals surface area contributed by atoms with Gasteiger partial charge in [0.05, 0.1) is 25.4 Å². The quantitative estimate of drug-likeness (QED) is 0.0134. The molecule has 6 N–H and O–H groups in total. The van der Waals surface area contributed by atoms with E-state index in [4.69, 9.17) is 33.7 Å². The number of nitrogens with zero attached hydrogens (tertiary/aromatic N) is 2. The zero-order chi connectivity index (χ0) is 51.7. The van der Waals surface area contributed by atoms with E-state index in [1.807, 2.05) is 12.2 Å². The molecule has 2 saturated heterocycles. The lowest BCUT2D eigenvalue weighted by Gasteiger charge is -2.21. The maximum atomic E-state index is 12.9. The van der Waals surface area contributed by atoms with Crippen LogP contribution in [-0.2, 0) is 51.0 Å². The van der Waals surface area contributed by atoms with Crippen LogP contribution in [0.3, 0.4) is 0 Å². The minimum Gasteiger partial charge on any atom is -0.462 e. The number of aliphatic hydroxyl groups is 2. The summed E-state index contributed by atoms with van der Waals surface area (Å²) in [5, 5.41) is 20.9. The van der Waals surface area contributed by atoms with Gasteiger partial charge < -0.3 is 44.7 Å². The van der Waals surface area contributed by atoms with Gasteiger partial charge in [0.2, 0.25) is 0 Å². The minimum atomic E-state index is -5.44. The Morgan fingerprint density at radius 3 is 1.90 bits per heavy atom. The fraction of sp³-hybridized carbons (Fsp3) is 0.760. The van der Waals surface area contributed by atoms with E-state index in [-0.39, 0.29) is 18.7 Å². The summed E-state index contributed by atoms with van der Waals surface area (Å²) in [6, 6.07) is 1.25. The van der Waals surface area contributed by atoms with Crippen molar-refractivity contribution in [1.82, 2.24) is 9.55 Å². The molecule has 0 amide bonds. The molecule has 21 heteroatoms. The molecule has 3 rings (SSSR count). The largest absolute Gasteiger partial charge is 0.481 e. The maximum Gasteiger partial charge on any atom is 0.481 e. The van der Waals surface area contributed by atoms with Gasteiger partial charge in [-0.15, -0.1) is 0 Å². The molecule has 19 nitrogen and oxygen atoms in total. The van der Waals surface area contributed by atoms with E-state index in [2.05, 4.69) is 47.4 Å². The van der Waals surface area contributed by atoms with Crippen LogP contribution in [-0.4, -0.2) is 97.9 Å². The number of nitrogen functional groups attached to an aromatic ring is 1. The van der Waals surface area contributed by atoms with E-state index < -0.39 is 83.7 Å².